The fourth-order valence-corrected chi connectivity index (χ4v) is 3.31. The third-order valence-corrected chi connectivity index (χ3v) is 4.46. The molecule has 0 bridgehead atoms. The highest BCUT2D eigenvalue weighted by Gasteiger charge is 2.30. The molecular formula is C21H19NO3. The van der Waals surface area contributed by atoms with Crippen molar-refractivity contribution >= 4 is 22.4 Å². The van der Waals surface area contributed by atoms with Gasteiger partial charge in [0, 0.05) is 10.9 Å². The standard InChI is InChI=1S/C21H19NO3/c23-17(14-25-13-15-6-2-1-3-7-15)12-22-19-11-5-9-16-8-4-10-18(20(16)19)21(22)24/h1-11,17,23H,12-14H2. The van der Waals surface area contributed by atoms with Crippen LogP contribution < -0.4 is 4.90 Å². The van der Waals surface area contributed by atoms with Crippen molar-refractivity contribution in [2.45, 2.75) is 12.7 Å². The number of hydrogen-bond acceptors (Lipinski definition) is 3. The summed E-state index contributed by atoms with van der Waals surface area (Å²) < 4.78 is 5.59. The Bertz CT molecular complexity index is 902. The second kappa shape index (κ2) is 6.67. The van der Waals surface area contributed by atoms with Gasteiger partial charge in [0.15, 0.2) is 0 Å². The van der Waals surface area contributed by atoms with Gasteiger partial charge in [-0.1, -0.05) is 54.6 Å². The lowest BCUT2D eigenvalue weighted by Gasteiger charge is -2.21. The van der Waals surface area contributed by atoms with Gasteiger partial charge in [0.1, 0.15) is 0 Å². The molecule has 1 unspecified atom stereocenters. The molecule has 1 N–H and O–H groups in total. The summed E-state index contributed by atoms with van der Waals surface area (Å²) in [6.07, 6.45) is -0.739. The summed E-state index contributed by atoms with van der Waals surface area (Å²) in [5.74, 6) is -0.0612. The second-order valence-corrected chi connectivity index (χ2v) is 6.25. The molecule has 1 aliphatic rings. The summed E-state index contributed by atoms with van der Waals surface area (Å²) in [5.41, 5.74) is 2.62. The molecule has 4 nitrogen and oxygen atoms in total. The van der Waals surface area contributed by atoms with Gasteiger partial charge in [0.05, 0.1) is 31.5 Å². The number of nitrogens with zero attached hydrogens (tertiary/aromatic N) is 1. The number of anilines is 1. The number of aliphatic hydroxyl groups excluding tert-OH is 1. The highest BCUT2D eigenvalue weighted by molar-refractivity contribution is 6.25. The van der Waals surface area contributed by atoms with E-state index in [1.54, 1.807) is 4.90 Å². The van der Waals surface area contributed by atoms with E-state index in [9.17, 15) is 9.90 Å². The van der Waals surface area contributed by atoms with E-state index in [0.29, 0.717) is 12.2 Å². The Kier molecular flexibility index (Phi) is 4.22. The van der Waals surface area contributed by atoms with Gasteiger partial charge in [-0.25, -0.2) is 0 Å². The molecule has 1 atom stereocenters. The van der Waals surface area contributed by atoms with Crippen LogP contribution in [0.3, 0.4) is 0 Å². The van der Waals surface area contributed by atoms with Crippen LogP contribution in [0.25, 0.3) is 10.8 Å². The molecule has 0 saturated heterocycles. The minimum Gasteiger partial charge on any atom is -0.389 e. The van der Waals surface area contributed by atoms with Crippen LogP contribution in [0, 0.1) is 0 Å². The van der Waals surface area contributed by atoms with Crippen LogP contribution in [0.15, 0.2) is 66.7 Å². The zero-order valence-corrected chi connectivity index (χ0v) is 13.8. The van der Waals surface area contributed by atoms with E-state index in [4.69, 9.17) is 4.74 Å². The Morgan fingerprint density at radius 2 is 1.72 bits per heavy atom. The minimum atomic E-state index is -0.739. The van der Waals surface area contributed by atoms with E-state index in [1.165, 1.54) is 0 Å². The van der Waals surface area contributed by atoms with Crippen molar-refractivity contribution in [1.29, 1.82) is 0 Å². The number of carbonyl (C=O) groups excluding carboxylic acids is 1. The van der Waals surface area contributed by atoms with Crippen LogP contribution in [-0.4, -0.2) is 30.3 Å². The number of amides is 1. The van der Waals surface area contributed by atoms with Gasteiger partial charge in [-0.3, -0.25) is 4.79 Å². The molecule has 4 rings (SSSR count). The van der Waals surface area contributed by atoms with Crippen LogP contribution >= 0.6 is 0 Å². The zero-order chi connectivity index (χ0) is 17.2. The molecule has 0 fully saturated rings. The summed E-state index contributed by atoms with van der Waals surface area (Å²) in [5, 5.41) is 12.3. The average molecular weight is 333 g/mol. The maximum atomic E-state index is 12.7. The van der Waals surface area contributed by atoms with Crippen LogP contribution in [0.1, 0.15) is 15.9 Å². The molecule has 0 aliphatic carbocycles. The van der Waals surface area contributed by atoms with E-state index in [-0.39, 0.29) is 19.1 Å². The first-order chi connectivity index (χ1) is 12.2. The van der Waals surface area contributed by atoms with Gasteiger partial charge in [-0.05, 0) is 23.1 Å². The van der Waals surface area contributed by atoms with E-state index < -0.39 is 6.10 Å². The number of hydrogen-bond donors (Lipinski definition) is 1. The predicted molar refractivity (Wildman–Crippen MR) is 97.7 cm³/mol. The Labute approximate surface area is 146 Å². The highest BCUT2D eigenvalue weighted by Crippen LogP contribution is 2.37. The molecular weight excluding hydrogens is 314 g/mol. The Hall–Kier alpha value is -2.69. The molecule has 0 aromatic heterocycles. The molecule has 0 saturated carbocycles. The van der Waals surface area contributed by atoms with Gasteiger partial charge in [-0.2, -0.15) is 0 Å². The molecule has 3 aromatic rings. The Morgan fingerprint density at radius 1 is 0.960 bits per heavy atom. The summed E-state index contributed by atoms with van der Waals surface area (Å²) in [7, 11) is 0. The third kappa shape index (κ3) is 3.02. The normalized spacial score (nSPS) is 14.3. The van der Waals surface area contributed by atoms with Gasteiger partial charge in [0.2, 0.25) is 0 Å². The van der Waals surface area contributed by atoms with Crippen LogP contribution in [0.5, 0.6) is 0 Å². The largest absolute Gasteiger partial charge is 0.389 e. The number of carbonyl (C=O) groups is 1. The molecule has 4 heteroatoms. The van der Waals surface area contributed by atoms with Gasteiger partial charge >= 0.3 is 0 Å². The fourth-order valence-electron chi connectivity index (χ4n) is 3.31. The predicted octanol–water partition coefficient (Wildman–Crippen LogP) is 3.38. The van der Waals surface area contributed by atoms with Crippen molar-refractivity contribution in [1.82, 2.24) is 0 Å². The lowest BCUT2D eigenvalue weighted by atomic mass is 10.1. The van der Waals surface area contributed by atoms with Gasteiger partial charge < -0.3 is 14.7 Å². The fraction of sp³-hybridized carbons (Fsp3) is 0.190. The first-order valence-corrected chi connectivity index (χ1v) is 8.37. The molecule has 1 aliphatic heterocycles. The maximum Gasteiger partial charge on any atom is 0.259 e. The lowest BCUT2D eigenvalue weighted by Crippen LogP contribution is -2.37. The second-order valence-electron chi connectivity index (χ2n) is 6.25. The highest BCUT2D eigenvalue weighted by atomic mass is 16.5. The summed E-state index contributed by atoms with van der Waals surface area (Å²) in [4.78, 5) is 14.3. The quantitative estimate of drug-likeness (QED) is 0.752. The summed E-state index contributed by atoms with van der Waals surface area (Å²) >= 11 is 0. The molecule has 1 amide bonds. The van der Waals surface area contributed by atoms with Crippen molar-refractivity contribution in [2.75, 3.05) is 18.1 Å². The summed E-state index contributed by atoms with van der Waals surface area (Å²) in [6.45, 7) is 0.855. The Morgan fingerprint density at radius 3 is 2.52 bits per heavy atom. The molecule has 3 aromatic carbocycles. The van der Waals surface area contributed by atoms with Gasteiger partial charge in [0.25, 0.3) is 5.91 Å². The molecule has 1 heterocycles. The number of ether oxygens (including phenoxy) is 1. The lowest BCUT2D eigenvalue weighted by molar-refractivity contribution is 0.0317. The molecule has 25 heavy (non-hydrogen) atoms. The van der Waals surface area contributed by atoms with Crippen molar-refractivity contribution in [3.05, 3.63) is 77.9 Å². The van der Waals surface area contributed by atoms with Gasteiger partial charge in [-0.15, -0.1) is 0 Å². The van der Waals surface area contributed by atoms with Crippen molar-refractivity contribution < 1.29 is 14.6 Å². The molecule has 126 valence electrons. The number of β-amino-alcohol motifs (C(OH)–C–C–N with tert-alkyl or cyclic N) is 1. The average Bonchev–Trinajstić information content (AvgIpc) is 2.91. The zero-order valence-electron chi connectivity index (χ0n) is 13.8. The van der Waals surface area contributed by atoms with Crippen LogP contribution in [0.4, 0.5) is 5.69 Å². The Balaban J connectivity index is 1.43. The molecule has 0 radical (unpaired) electrons. The van der Waals surface area contributed by atoms with Crippen molar-refractivity contribution in [3.8, 4) is 0 Å². The van der Waals surface area contributed by atoms with Crippen LogP contribution in [-0.2, 0) is 11.3 Å². The minimum absolute atomic E-state index is 0.0612. The third-order valence-electron chi connectivity index (χ3n) is 4.46. The monoisotopic (exact) mass is 333 g/mol. The molecule has 0 spiro atoms. The van der Waals surface area contributed by atoms with E-state index in [1.807, 2.05) is 66.7 Å². The number of rotatable bonds is 6. The maximum absolute atomic E-state index is 12.7. The topological polar surface area (TPSA) is 49.8 Å². The first-order valence-electron chi connectivity index (χ1n) is 8.37. The first kappa shape index (κ1) is 15.8. The van der Waals surface area contributed by atoms with Crippen LogP contribution in [0.2, 0.25) is 0 Å². The van der Waals surface area contributed by atoms with E-state index in [2.05, 4.69) is 0 Å². The SMILES string of the molecule is O=C1c2cccc3cccc(c23)N1CC(O)COCc1ccccc1. The van der Waals surface area contributed by atoms with E-state index in [0.717, 1.165) is 22.0 Å². The van der Waals surface area contributed by atoms with Crippen molar-refractivity contribution in [3.63, 3.8) is 0 Å². The number of benzene rings is 3. The van der Waals surface area contributed by atoms with E-state index >= 15 is 0 Å². The summed E-state index contributed by atoms with van der Waals surface area (Å²) in [6, 6.07) is 21.4. The number of aliphatic hydroxyl groups is 1. The smallest absolute Gasteiger partial charge is 0.259 e. The van der Waals surface area contributed by atoms with Crippen molar-refractivity contribution in [2.24, 2.45) is 0 Å².